The van der Waals surface area contributed by atoms with E-state index in [9.17, 15) is 8.42 Å². The Morgan fingerprint density at radius 1 is 1.27 bits per heavy atom. The van der Waals surface area contributed by atoms with Crippen LogP contribution in [0, 0.1) is 0 Å². The molecule has 15 heavy (non-hydrogen) atoms. The van der Waals surface area contributed by atoms with E-state index < -0.39 is 9.05 Å². The zero-order valence-electron chi connectivity index (χ0n) is 8.77. The molecule has 0 spiro atoms. The van der Waals surface area contributed by atoms with Gasteiger partial charge in [-0.1, -0.05) is 18.2 Å². The lowest BCUT2D eigenvalue weighted by atomic mass is 10.1. The van der Waals surface area contributed by atoms with Crippen molar-refractivity contribution < 1.29 is 8.42 Å². The van der Waals surface area contributed by atoms with Crippen molar-refractivity contribution in [3.63, 3.8) is 0 Å². The lowest BCUT2D eigenvalue weighted by molar-refractivity contribution is 0.609. The molecule has 0 radical (unpaired) electrons. The number of rotatable bonds is 4. The first-order valence-electron chi connectivity index (χ1n) is 4.58. The largest absolute Gasteiger partial charge is 0.377 e. The number of hydrogen-bond donors (Lipinski definition) is 0. The third-order valence-electron chi connectivity index (χ3n) is 2.09. The number of anilines is 1. The molecule has 1 rings (SSSR count). The van der Waals surface area contributed by atoms with Gasteiger partial charge in [0, 0.05) is 30.5 Å². The highest BCUT2D eigenvalue weighted by atomic mass is 35.7. The van der Waals surface area contributed by atoms with Crippen LogP contribution in [0.25, 0.3) is 0 Å². The van der Waals surface area contributed by atoms with Crippen molar-refractivity contribution in [3.05, 3.63) is 29.8 Å². The zero-order valence-corrected chi connectivity index (χ0v) is 10.3. The molecule has 3 nitrogen and oxygen atoms in total. The number of benzene rings is 1. The Morgan fingerprint density at radius 2 is 1.87 bits per heavy atom. The summed E-state index contributed by atoms with van der Waals surface area (Å²) in [4.78, 5) is 1.95. The van der Waals surface area contributed by atoms with Gasteiger partial charge in [-0.3, -0.25) is 0 Å². The second-order valence-corrected chi connectivity index (χ2v) is 6.41. The van der Waals surface area contributed by atoms with Crippen molar-refractivity contribution in [1.29, 1.82) is 0 Å². The predicted octanol–water partition coefficient (Wildman–Crippen LogP) is 1.86. The lowest BCUT2D eigenvalue weighted by Gasteiger charge is -2.16. The highest BCUT2D eigenvalue weighted by molar-refractivity contribution is 8.13. The molecule has 5 heteroatoms. The van der Waals surface area contributed by atoms with Crippen LogP contribution in [0.15, 0.2) is 24.3 Å². The molecule has 0 heterocycles. The number of para-hydroxylation sites is 1. The smallest absolute Gasteiger partial charge is 0.232 e. The summed E-state index contributed by atoms with van der Waals surface area (Å²) in [5.74, 6) is -0.0284. The summed E-state index contributed by atoms with van der Waals surface area (Å²) in [7, 11) is 5.61. The Labute approximate surface area is 95.1 Å². The predicted molar refractivity (Wildman–Crippen MR) is 64.1 cm³/mol. The van der Waals surface area contributed by atoms with Gasteiger partial charge in [-0.15, -0.1) is 0 Å². The van der Waals surface area contributed by atoms with E-state index in [1.165, 1.54) is 0 Å². The van der Waals surface area contributed by atoms with Crippen LogP contribution in [0.4, 0.5) is 5.69 Å². The maximum Gasteiger partial charge on any atom is 0.232 e. The molecule has 1 aromatic rings. The minimum Gasteiger partial charge on any atom is -0.377 e. The molecule has 0 aromatic heterocycles. The van der Waals surface area contributed by atoms with Crippen LogP contribution in [-0.2, 0) is 15.5 Å². The summed E-state index contributed by atoms with van der Waals surface area (Å²) in [6.07, 6.45) is 0.445. The number of aryl methyl sites for hydroxylation is 1. The fourth-order valence-corrected chi connectivity index (χ4v) is 2.09. The first-order chi connectivity index (χ1) is 6.90. The van der Waals surface area contributed by atoms with Crippen LogP contribution in [0.1, 0.15) is 5.56 Å². The second-order valence-electron chi connectivity index (χ2n) is 3.52. The van der Waals surface area contributed by atoms with E-state index in [2.05, 4.69) is 0 Å². The van der Waals surface area contributed by atoms with Crippen LogP contribution in [0.5, 0.6) is 0 Å². The molecule has 0 atom stereocenters. The summed E-state index contributed by atoms with van der Waals surface area (Å²) in [5.41, 5.74) is 2.02. The molecule has 0 saturated carbocycles. The molecular weight excluding hydrogens is 234 g/mol. The summed E-state index contributed by atoms with van der Waals surface area (Å²) >= 11 is 0. The molecule has 84 valence electrons. The molecule has 0 unspecified atom stereocenters. The molecular formula is C10H14ClNO2S. The van der Waals surface area contributed by atoms with Crippen LogP contribution >= 0.6 is 10.7 Å². The van der Waals surface area contributed by atoms with Gasteiger partial charge in [-0.25, -0.2) is 8.42 Å². The number of nitrogens with zero attached hydrogens (tertiary/aromatic N) is 1. The van der Waals surface area contributed by atoms with Crippen LogP contribution in [0.3, 0.4) is 0 Å². The summed E-state index contributed by atoms with van der Waals surface area (Å²) in [6.45, 7) is 0. The number of hydrogen-bond acceptors (Lipinski definition) is 3. The van der Waals surface area contributed by atoms with Gasteiger partial charge in [0.1, 0.15) is 0 Å². The molecule has 0 aliphatic carbocycles. The van der Waals surface area contributed by atoms with Gasteiger partial charge >= 0.3 is 0 Å². The van der Waals surface area contributed by atoms with E-state index in [1.54, 1.807) is 0 Å². The standard InChI is InChI=1S/C10H14ClNO2S/c1-12(2)10-6-4-3-5-9(10)7-8-15(11,13)14/h3-6H,7-8H2,1-2H3. The molecule has 0 saturated heterocycles. The third-order valence-corrected chi connectivity index (χ3v) is 3.24. The van der Waals surface area contributed by atoms with Gasteiger partial charge in [0.05, 0.1) is 5.75 Å². The van der Waals surface area contributed by atoms with Crippen molar-refractivity contribution in [2.24, 2.45) is 0 Å². The summed E-state index contributed by atoms with van der Waals surface area (Å²) in [5, 5.41) is 0. The van der Waals surface area contributed by atoms with E-state index in [0.29, 0.717) is 6.42 Å². The van der Waals surface area contributed by atoms with Gasteiger partial charge < -0.3 is 4.90 Å². The maximum absolute atomic E-state index is 10.8. The van der Waals surface area contributed by atoms with Crippen molar-refractivity contribution in [2.75, 3.05) is 24.7 Å². The average Bonchev–Trinajstić information content (AvgIpc) is 2.14. The molecule has 0 aliphatic heterocycles. The Morgan fingerprint density at radius 3 is 2.40 bits per heavy atom. The average molecular weight is 248 g/mol. The normalized spacial score (nSPS) is 11.4. The molecule has 0 fully saturated rings. The van der Waals surface area contributed by atoms with Crippen molar-refractivity contribution in [3.8, 4) is 0 Å². The quantitative estimate of drug-likeness (QED) is 0.763. The number of halogens is 1. The van der Waals surface area contributed by atoms with Gasteiger partial charge in [0.25, 0.3) is 0 Å². The third kappa shape index (κ3) is 4.10. The van der Waals surface area contributed by atoms with Gasteiger partial charge in [-0.2, -0.15) is 0 Å². The van der Waals surface area contributed by atoms with Crippen LogP contribution < -0.4 is 4.90 Å². The topological polar surface area (TPSA) is 37.4 Å². The van der Waals surface area contributed by atoms with Crippen molar-refractivity contribution in [1.82, 2.24) is 0 Å². The molecule has 0 bridgehead atoms. The summed E-state index contributed by atoms with van der Waals surface area (Å²) < 4.78 is 21.7. The highest BCUT2D eigenvalue weighted by Crippen LogP contribution is 2.19. The van der Waals surface area contributed by atoms with Crippen molar-refractivity contribution in [2.45, 2.75) is 6.42 Å². The molecule has 0 aliphatic rings. The first kappa shape index (κ1) is 12.3. The molecule has 1 aromatic carbocycles. The van der Waals surface area contributed by atoms with E-state index >= 15 is 0 Å². The zero-order chi connectivity index (χ0) is 11.5. The monoisotopic (exact) mass is 247 g/mol. The highest BCUT2D eigenvalue weighted by Gasteiger charge is 2.09. The Balaban J connectivity index is 2.85. The van der Waals surface area contributed by atoms with E-state index in [4.69, 9.17) is 10.7 Å². The van der Waals surface area contributed by atoms with Gasteiger partial charge in [-0.05, 0) is 18.1 Å². The van der Waals surface area contributed by atoms with Crippen LogP contribution in [-0.4, -0.2) is 28.3 Å². The maximum atomic E-state index is 10.8. The van der Waals surface area contributed by atoms with E-state index in [1.807, 2.05) is 43.3 Å². The Kier molecular flexibility index (Phi) is 3.99. The first-order valence-corrected chi connectivity index (χ1v) is 7.05. The minimum atomic E-state index is -3.41. The molecule has 0 amide bonds. The summed E-state index contributed by atoms with van der Waals surface area (Å²) in [6, 6.07) is 7.69. The Hall–Kier alpha value is -0.740. The van der Waals surface area contributed by atoms with E-state index in [0.717, 1.165) is 11.3 Å². The van der Waals surface area contributed by atoms with Gasteiger partial charge in [0.2, 0.25) is 9.05 Å². The fourth-order valence-electron chi connectivity index (χ4n) is 1.39. The SMILES string of the molecule is CN(C)c1ccccc1CCS(=O)(=O)Cl. The van der Waals surface area contributed by atoms with Crippen LogP contribution in [0.2, 0.25) is 0 Å². The van der Waals surface area contributed by atoms with Gasteiger partial charge in [0.15, 0.2) is 0 Å². The lowest BCUT2D eigenvalue weighted by Crippen LogP contribution is -2.12. The molecule has 0 N–H and O–H groups in total. The Bertz CT molecular complexity index is 429. The van der Waals surface area contributed by atoms with E-state index in [-0.39, 0.29) is 5.75 Å². The minimum absolute atomic E-state index is 0.0284. The second kappa shape index (κ2) is 4.86. The van der Waals surface area contributed by atoms with Crippen molar-refractivity contribution >= 4 is 25.4 Å². The fraction of sp³-hybridized carbons (Fsp3) is 0.400.